The van der Waals surface area contributed by atoms with E-state index in [2.05, 4.69) is 29.4 Å². The van der Waals surface area contributed by atoms with Gasteiger partial charge in [0.1, 0.15) is 5.75 Å². The third-order valence-electron chi connectivity index (χ3n) is 3.83. The molecule has 5 heteroatoms. The van der Waals surface area contributed by atoms with Gasteiger partial charge in [-0.2, -0.15) is 0 Å². The van der Waals surface area contributed by atoms with E-state index in [1.165, 1.54) is 5.56 Å². The molecule has 0 radical (unpaired) electrons. The van der Waals surface area contributed by atoms with Gasteiger partial charge in [0.15, 0.2) is 5.82 Å². The van der Waals surface area contributed by atoms with E-state index in [0.29, 0.717) is 11.7 Å². The first kappa shape index (κ1) is 13.0. The molecule has 2 heterocycles. The van der Waals surface area contributed by atoms with Gasteiger partial charge in [0.05, 0.1) is 18.8 Å². The van der Waals surface area contributed by atoms with Crippen LogP contribution in [0.15, 0.2) is 24.3 Å². The Kier molecular flexibility index (Phi) is 3.58. The zero-order valence-corrected chi connectivity index (χ0v) is 11.7. The van der Waals surface area contributed by atoms with Gasteiger partial charge in [-0.1, -0.05) is 36.8 Å². The van der Waals surface area contributed by atoms with Crippen molar-refractivity contribution in [3.8, 4) is 5.75 Å². The van der Waals surface area contributed by atoms with Crippen molar-refractivity contribution in [3.63, 3.8) is 0 Å². The predicted molar refractivity (Wildman–Crippen MR) is 77.7 cm³/mol. The Labute approximate surface area is 118 Å². The highest BCUT2D eigenvalue weighted by Gasteiger charge is 2.23. The Morgan fingerprint density at radius 3 is 3.10 bits per heavy atom. The summed E-state index contributed by atoms with van der Waals surface area (Å²) < 4.78 is 7.67. The second-order valence-corrected chi connectivity index (χ2v) is 5.23. The van der Waals surface area contributed by atoms with Gasteiger partial charge in [0, 0.05) is 5.92 Å². The summed E-state index contributed by atoms with van der Waals surface area (Å²) in [4.78, 5) is 0. The number of nitrogen functional groups attached to an aromatic ring is 1. The number of hydrogen-bond acceptors (Lipinski definition) is 4. The van der Waals surface area contributed by atoms with Crippen LogP contribution in [-0.2, 0) is 13.0 Å². The molecule has 2 N–H and O–H groups in total. The SMILES string of the molecule is CCCc1c(N)nnn1CC1CCOc2ccccc21. The number of benzene rings is 1. The van der Waals surface area contributed by atoms with Gasteiger partial charge in [-0.15, -0.1) is 5.10 Å². The van der Waals surface area contributed by atoms with Crippen LogP contribution in [0.5, 0.6) is 5.75 Å². The lowest BCUT2D eigenvalue weighted by Crippen LogP contribution is -2.20. The van der Waals surface area contributed by atoms with Gasteiger partial charge in [-0.05, 0) is 24.5 Å². The molecule has 0 spiro atoms. The molecule has 1 atom stereocenters. The molecular weight excluding hydrogens is 252 g/mol. The van der Waals surface area contributed by atoms with Gasteiger partial charge >= 0.3 is 0 Å². The second kappa shape index (κ2) is 5.53. The van der Waals surface area contributed by atoms with Crippen molar-refractivity contribution in [2.24, 2.45) is 0 Å². The largest absolute Gasteiger partial charge is 0.493 e. The third-order valence-corrected chi connectivity index (χ3v) is 3.83. The van der Waals surface area contributed by atoms with Gasteiger partial charge in [-0.25, -0.2) is 4.68 Å². The lowest BCUT2D eigenvalue weighted by molar-refractivity contribution is 0.255. The number of rotatable bonds is 4. The molecule has 106 valence electrons. The Morgan fingerprint density at radius 2 is 2.25 bits per heavy atom. The molecule has 1 aromatic carbocycles. The highest BCUT2D eigenvalue weighted by atomic mass is 16.5. The highest BCUT2D eigenvalue weighted by molar-refractivity contribution is 5.38. The lowest BCUT2D eigenvalue weighted by Gasteiger charge is -2.26. The van der Waals surface area contributed by atoms with Crippen LogP contribution in [0.4, 0.5) is 5.82 Å². The maximum Gasteiger partial charge on any atom is 0.169 e. The van der Waals surface area contributed by atoms with Crippen LogP contribution in [0.3, 0.4) is 0 Å². The smallest absolute Gasteiger partial charge is 0.169 e. The van der Waals surface area contributed by atoms with Crippen LogP contribution >= 0.6 is 0 Å². The second-order valence-electron chi connectivity index (χ2n) is 5.23. The van der Waals surface area contributed by atoms with Crippen LogP contribution in [-0.4, -0.2) is 21.6 Å². The van der Waals surface area contributed by atoms with Crippen molar-refractivity contribution in [3.05, 3.63) is 35.5 Å². The minimum Gasteiger partial charge on any atom is -0.493 e. The molecule has 0 aliphatic carbocycles. The summed E-state index contributed by atoms with van der Waals surface area (Å²) in [6, 6.07) is 8.24. The highest BCUT2D eigenvalue weighted by Crippen LogP contribution is 2.34. The van der Waals surface area contributed by atoms with E-state index in [0.717, 1.165) is 43.9 Å². The summed E-state index contributed by atoms with van der Waals surface area (Å²) >= 11 is 0. The van der Waals surface area contributed by atoms with Crippen LogP contribution in [0.25, 0.3) is 0 Å². The number of nitrogens with two attached hydrogens (primary N) is 1. The predicted octanol–water partition coefficient (Wildman–Crippen LogP) is 2.38. The van der Waals surface area contributed by atoms with E-state index in [-0.39, 0.29) is 0 Å². The summed E-state index contributed by atoms with van der Waals surface area (Å²) in [5.74, 6) is 1.97. The van der Waals surface area contributed by atoms with Crippen molar-refractivity contribution < 1.29 is 4.74 Å². The van der Waals surface area contributed by atoms with E-state index >= 15 is 0 Å². The number of hydrogen-bond donors (Lipinski definition) is 1. The Morgan fingerprint density at radius 1 is 1.40 bits per heavy atom. The molecule has 0 saturated carbocycles. The van der Waals surface area contributed by atoms with Crippen LogP contribution < -0.4 is 10.5 Å². The van der Waals surface area contributed by atoms with E-state index < -0.39 is 0 Å². The normalized spacial score (nSPS) is 17.6. The first-order valence-corrected chi connectivity index (χ1v) is 7.19. The molecule has 0 fully saturated rings. The molecule has 20 heavy (non-hydrogen) atoms. The number of ether oxygens (including phenoxy) is 1. The fourth-order valence-corrected chi connectivity index (χ4v) is 2.80. The van der Waals surface area contributed by atoms with Crippen molar-refractivity contribution in [2.75, 3.05) is 12.3 Å². The summed E-state index contributed by atoms with van der Waals surface area (Å²) in [7, 11) is 0. The number of para-hydroxylation sites is 1. The van der Waals surface area contributed by atoms with Crippen molar-refractivity contribution in [2.45, 2.75) is 38.6 Å². The Balaban J connectivity index is 1.86. The first-order valence-electron chi connectivity index (χ1n) is 7.19. The molecule has 5 nitrogen and oxygen atoms in total. The quantitative estimate of drug-likeness (QED) is 0.928. The van der Waals surface area contributed by atoms with Crippen LogP contribution in [0, 0.1) is 0 Å². The Bertz CT molecular complexity index is 593. The first-order chi connectivity index (χ1) is 9.79. The van der Waals surface area contributed by atoms with Crippen LogP contribution in [0.2, 0.25) is 0 Å². The maximum absolute atomic E-state index is 5.91. The number of anilines is 1. The fourth-order valence-electron chi connectivity index (χ4n) is 2.80. The van der Waals surface area contributed by atoms with E-state index in [1.54, 1.807) is 0 Å². The fraction of sp³-hybridized carbons (Fsp3) is 0.467. The average Bonchev–Trinajstić information content (AvgIpc) is 2.81. The summed E-state index contributed by atoms with van der Waals surface area (Å²) in [5, 5.41) is 8.22. The minimum atomic E-state index is 0.414. The zero-order chi connectivity index (χ0) is 13.9. The lowest BCUT2D eigenvalue weighted by atomic mass is 9.93. The molecule has 0 bridgehead atoms. The maximum atomic E-state index is 5.91. The monoisotopic (exact) mass is 272 g/mol. The molecular formula is C15H20N4O. The topological polar surface area (TPSA) is 66.0 Å². The molecule has 2 aromatic rings. The molecule has 0 saturated heterocycles. The van der Waals surface area contributed by atoms with Crippen molar-refractivity contribution in [1.29, 1.82) is 0 Å². The van der Waals surface area contributed by atoms with Crippen molar-refractivity contribution in [1.82, 2.24) is 15.0 Å². The van der Waals surface area contributed by atoms with Gasteiger partial charge in [0.25, 0.3) is 0 Å². The molecule has 1 aliphatic heterocycles. The summed E-state index contributed by atoms with van der Waals surface area (Å²) in [5.41, 5.74) is 8.22. The van der Waals surface area contributed by atoms with E-state index in [9.17, 15) is 0 Å². The van der Waals surface area contributed by atoms with Gasteiger partial charge in [0.2, 0.25) is 0 Å². The van der Waals surface area contributed by atoms with Gasteiger partial charge < -0.3 is 10.5 Å². The molecule has 1 aromatic heterocycles. The summed E-state index contributed by atoms with van der Waals surface area (Å²) in [6.07, 6.45) is 2.97. The van der Waals surface area contributed by atoms with Gasteiger partial charge in [-0.3, -0.25) is 0 Å². The number of aromatic nitrogens is 3. The number of fused-ring (bicyclic) bond motifs is 1. The Hall–Kier alpha value is -2.04. The van der Waals surface area contributed by atoms with Crippen LogP contribution in [0.1, 0.15) is 36.9 Å². The molecule has 1 aliphatic rings. The molecule has 3 rings (SSSR count). The molecule has 0 amide bonds. The average molecular weight is 272 g/mol. The van der Waals surface area contributed by atoms with Crippen molar-refractivity contribution >= 4 is 5.82 Å². The molecule has 1 unspecified atom stereocenters. The zero-order valence-electron chi connectivity index (χ0n) is 11.7. The van der Waals surface area contributed by atoms with E-state index in [1.807, 2.05) is 16.8 Å². The van der Waals surface area contributed by atoms with E-state index in [4.69, 9.17) is 10.5 Å². The standard InChI is InChI=1S/C15H20N4O/c1-2-5-13-15(16)17-18-19(13)10-11-8-9-20-14-7-4-3-6-12(11)14/h3-4,6-7,11H,2,5,8-10,16H2,1H3. The third kappa shape index (κ3) is 2.35. The minimum absolute atomic E-state index is 0.414. The summed E-state index contributed by atoms with van der Waals surface area (Å²) in [6.45, 7) is 3.72. The number of nitrogens with zero attached hydrogens (tertiary/aromatic N) is 3.